The second-order valence-corrected chi connectivity index (χ2v) is 1.13. The van der Waals surface area contributed by atoms with Gasteiger partial charge in [0.25, 0.3) is 0 Å². The molecule has 0 amide bonds. The van der Waals surface area contributed by atoms with Gasteiger partial charge in [-0.2, -0.15) is 0 Å². The largest absolute Gasteiger partial charge is 1.00 e. The van der Waals surface area contributed by atoms with E-state index in [0.717, 1.165) is 0 Å². The van der Waals surface area contributed by atoms with Crippen LogP contribution in [0.25, 0.3) is 0 Å². The van der Waals surface area contributed by atoms with Gasteiger partial charge in [0.1, 0.15) is 6.04 Å². The van der Waals surface area contributed by atoms with E-state index in [1.54, 1.807) is 0 Å². The molecule has 1 atom stereocenters. The van der Waals surface area contributed by atoms with Crippen molar-refractivity contribution in [2.24, 2.45) is 5.73 Å². The SMILES string of the molecule is C[C@H](N)C(=O)O.[H-].[H-].[H-].[Na+].[Na+].[Na+]. The normalized spacial score (nSPS) is 9.11. The molecule has 0 aliphatic rings. The Labute approximate surface area is 125 Å². The standard InChI is InChI=1S/C3H7NO2.3Na.3H/c1-2(4)3(5)6;;;;;;/h2H,4H2,1H3,(H,5,6);;;;;;/q;3*+1;3*-1/t2-;;;;;;/m0....../s1. The molecular weight excluding hydrogens is 151 g/mol. The van der Waals surface area contributed by atoms with Crippen molar-refractivity contribution in [3.63, 3.8) is 0 Å². The molecule has 6 heteroatoms. The van der Waals surface area contributed by atoms with Crippen molar-refractivity contribution in [3.05, 3.63) is 0 Å². The zero-order valence-electron chi connectivity index (χ0n) is 9.51. The minimum Gasteiger partial charge on any atom is -1.00 e. The molecule has 0 aliphatic heterocycles. The zero-order valence-corrected chi connectivity index (χ0v) is 12.5. The van der Waals surface area contributed by atoms with E-state index in [-0.39, 0.29) is 93.0 Å². The molecule has 0 aromatic carbocycles. The van der Waals surface area contributed by atoms with Gasteiger partial charge in [-0.25, -0.2) is 0 Å². The van der Waals surface area contributed by atoms with Gasteiger partial charge in [-0.05, 0) is 6.92 Å². The molecule has 0 saturated heterocycles. The van der Waals surface area contributed by atoms with Crippen LogP contribution in [0.15, 0.2) is 0 Å². The zero-order chi connectivity index (χ0) is 5.15. The number of carbonyl (C=O) groups is 1. The second-order valence-electron chi connectivity index (χ2n) is 1.13. The van der Waals surface area contributed by atoms with Crippen molar-refractivity contribution in [2.45, 2.75) is 13.0 Å². The summed E-state index contributed by atoms with van der Waals surface area (Å²) in [6.07, 6.45) is 0. The van der Waals surface area contributed by atoms with Crippen molar-refractivity contribution in [1.29, 1.82) is 0 Å². The minimum absolute atomic E-state index is 0. The predicted octanol–water partition coefficient (Wildman–Crippen LogP) is -9.23. The van der Waals surface area contributed by atoms with E-state index in [1.807, 2.05) is 0 Å². The van der Waals surface area contributed by atoms with Crippen LogP contribution in [0, 0.1) is 0 Å². The first-order valence-corrected chi connectivity index (χ1v) is 1.63. The van der Waals surface area contributed by atoms with Crippen molar-refractivity contribution < 1.29 is 103 Å². The molecule has 3 nitrogen and oxygen atoms in total. The maximum Gasteiger partial charge on any atom is 1.00 e. The Balaban J connectivity index is -0.00000000833. The molecule has 0 aliphatic carbocycles. The van der Waals surface area contributed by atoms with E-state index in [1.165, 1.54) is 6.92 Å². The Bertz CT molecular complexity index is 77.8. The molecule has 42 valence electrons. The monoisotopic (exact) mass is 161 g/mol. The third-order valence-corrected chi connectivity index (χ3v) is 0.390. The molecule has 0 fully saturated rings. The molecule has 0 aromatic heterocycles. The Morgan fingerprint density at radius 1 is 1.56 bits per heavy atom. The van der Waals surface area contributed by atoms with Crippen molar-refractivity contribution in [3.8, 4) is 0 Å². The number of carboxylic acids is 1. The molecular formula is C3H10NNa3O2. The van der Waals surface area contributed by atoms with E-state index < -0.39 is 12.0 Å². The second kappa shape index (κ2) is 13.1. The van der Waals surface area contributed by atoms with Gasteiger partial charge in [-0.3, -0.25) is 4.79 Å². The van der Waals surface area contributed by atoms with Crippen LogP contribution in [0.1, 0.15) is 11.2 Å². The average molecular weight is 161 g/mol. The molecule has 3 N–H and O–H groups in total. The van der Waals surface area contributed by atoms with Crippen LogP contribution < -0.4 is 94.4 Å². The van der Waals surface area contributed by atoms with Crippen LogP contribution in [-0.4, -0.2) is 17.1 Å². The predicted molar refractivity (Wildman–Crippen MR) is 24.6 cm³/mol. The fourth-order valence-corrected chi connectivity index (χ4v) is 0. The molecule has 0 aromatic rings. The Morgan fingerprint density at radius 3 is 1.67 bits per heavy atom. The molecule has 0 radical (unpaired) electrons. The number of rotatable bonds is 1. The number of hydrogen-bond donors (Lipinski definition) is 2. The summed E-state index contributed by atoms with van der Waals surface area (Å²) >= 11 is 0. The van der Waals surface area contributed by atoms with E-state index in [4.69, 9.17) is 10.8 Å². The van der Waals surface area contributed by atoms with Crippen LogP contribution in [0.4, 0.5) is 0 Å². The van der Waals surface area contributed by atoms with Gasteiger partial charge in [0.05, 0.1) is 0 Å². The van der Waals surface area contributed by atoms with Gasteiger partial charge >= 0.3 is 94.6 Å². The Kier molecular flexibility index (Phi) is 32.7. The summed E-state index contributed by atoms with van der Waals surface area (Å²) in [6, 6.07) is -0.731. The Hall–Kier alpha value is 2.43. The first kappa shape index (κ1) is 22.5. The van der Waals surface area contributed by atoms with Crippen LogP contribution >= 0.6 is 0 Å². The average Bonchev–Trinajstić information content (AvgIpc) is 1.36. The van der Waals surface area contributed by atoms with E-state index in [0.29, 0.717) is 0 Å². The van der Waals surface area contributed by atoms with Crippen molar-refractivity contribution in [2.75, 3.05) is 0 Å². The van der Waals surface area contributed by atoms with E-state index >= 15 is 0 Å². The Morgan fingerprint density at radius 2 is 1.67 bits per heavy atom. The van der Waals surface area contributed by atoms with Crippen LogP contribution in [0.5, 0.6) is 0 Å². The van der Waals surface area contributed by atoms with Crippen molar-refractivity contribution >= 4 is 5.97 Å². The summed E-state index contributed by atoms with van der Waals surface area (Å²) in [4.78, 5) is 9.57. The maximum absolute atomic E-state index is 9.57. The summed E-state index contributed by atoms with van der Waals surface area (Å²) < 4.78 is 0. The van der Waals surface area contributed by atoms with Crippen LogP contribution in [-0.2, 0) is 4.79 Å². The first-order chi connectivity index (χ1) is 2.64. The molecule has 0 saturated carbocycles. The quantitative estimate of drug-likeness (QED) is 0.375. The summed E-state index contributed by atoms with van der Waals surface area (Å²) in [6.45, 7) is 1.42. The summed E-state index contributed by atoms with van der Waals surface area (Å²) in [5.74, 6) is -0.963. The third-order valence-electron chi connectivity index (χ3n) is 0.390. The smallest absolute Gasteiger partial charge is 1.00 e. The molecule has 0 unspecified atom stereocenters. The van der Waals surface area contributed by atoms with Gasteiger partial charge in [-0.15, -0.1) is 0 Å². The van der Waals surface area contributed by atoms with Crippen LogP contribution in [0.3, 0.4) is 0 Å². The molecule has 0 heterocycles. The number of hydrogen-bond acceptors (Lipinski definition) is 2. The molecule has 0 bridgehead atoms. The molecule has 0 spiro atoms. The van der Waals surface area contributed by atoms with Gasteiger partial charge in [0.2, 0.25) is 0 Å². The topological polar surface area (TPSA) is 63.3 Å². The first-order valence-electron chi connectivity index (χ1n) is 1.63. The summed E-state index contributed by atoms with van der Waals surface area (Å²) in [5.41, 5.74) is 4.84. The molecule has 9 heavy (non-hydrogen) atoms. The fraction of sp³-hybridized carbons (Fsp3) is 0.667. The van der Waals surface area contributed by atoms with Gasteiger partial charge in [0, 0.05) is 0 Å². The summed E-state index contributed by atoms with van der Waals surface area (Å²) in [7, 11) is 0. The number of nitrogens with two attached hydrogens (primary N) is 1. The maximum atomic E-state index is 9.57. The van der Waals surface area contributed by atoms with Crippen LogP contribution in [0.2, 0.25) is 0 Å². The van der Waals surface area contributed by atoms with Gasteiger partial charge in [-0.1, -0.05) is 0 Å². The van der Waals surface area contributed by atoms with Gasteiger partial charge < -0.3 is 15.1 Å². The van der Waals surface area contributed by atoms with Gasteiger partial charge in [0.15, 0.2) is 0 Å². The third kappa shape index (κ3) is 17.9. The van der Waals surface area contributed by atoms with E-state index in [2.05, 4.69) is 0 Å². The van der Waals surface area contributed by atoms with Crippen molar-refractivity contribution in [1.82, 2.24) is 0 Å². The number of aliphatic carboxylic acids is 1. The van der Waals surface area contributed by atoms with E-state index in [9.17, 15) is 4.79 Å². The molecule has 0 rings (SSSR count). The number of carboxylic acid groups (broad SMARTS) is 1. The fourth-order valence-electron chi connectivity index (χ4n) is 0. The summed E-state index contributed by atoms with van der Waals surface area (Å²) in [5, 5.41) is 7.87. The minimum atomic E-state index is -0.963.